The van der Waals surface area contributed by atoms with E-state index in [1.807, 2.05) is 18.1 Å². The molecule has 1 aliphatic heterocycles. The van der Waals surface area contributed by atoms with Crippen molar-refractivity contribution < 1.29 is 4.79 Å². The lowest BCUT2D eigenvalue weighted by molar-refractivity contribution is -0.136. The van der Waals surface area contributed by atoms with E-state index >= 15 is 0 Å². The van der Waals surface area contributed by atoms with Gasteiger partial charge in [-0.2, -0.15) is 11.8 Å². The summed E-state index contributed by atoms with van der Waals surface area (Å²) in [5.41, 5.74) is -0.0423. The van der Waals surface area contributed by atoms with Gasteiger partial charge < -0.3 is 10.2 Å². The minimum absolute atomic E-state index is 0. The molecule has 1 aliphatic rings. The number of nitrogens with zero attached hydrogens (tertiary/aromatic N) is 1. The number of carbonyl (C=O) groups is 1. The molecule has 1 amide bonds. The molecule has 1 unspecified atom stereocenters. The molecular formula is C10H21ClN2OS. The Labute approximate surface area is 103 Å². The average Bonchev–Trinajstić information content (AvgIpc) is 2.15. The SMILES string of the molecule is CSC(C)C(=O)N1CCNCC1(C)C.Cl. The third-order valence-corrected chi connectivity index (χ3v) is 3.68. The lowest BCUT2D eigenvalue weighted by Gasteiger charge is -2.43. The Kier molecular flexibility index (Phi) is 5.99. The molecule has 0 radical (unpaired) electrons. The van der Waals surface area contributed by atoms with Gasteiger partial charge in [0.25, 0.3) is 0 Å². The van der Waals surface area contributed by atoms with Gasteiger partial charge in [-0.25, -0.2) is 0 Å². The van der Waals surface area contributed by atoms with E-state index in [4.69, 9.17) is 0 Å². The molecule has 1 heterocycles. The Balaban J connectivity index is 0.00000196. The summed E-state index contributed by atoms with van der Waals surface area (Å²) in [6.45, 7) is 8.84. The van der Waals surface area contributed by atoms with Gasteiger partial charge in [0.15, 0.2) is 0 Å². The molecule has 0 bridgehead atoms. The maximum Gasteiger partial charge on any atom is 0.235 e. The molecule has 1 rings (SSSR count). The zero-order valence-electron chi connectivity index (χ0n) is 9.87. The van der Waals surface area contributed by atoms with E-state index in [1.165, 1.54) is 0 Å². The summed E-state index contributed by atoms with van der Waals surface area (Å²) in [7, 11) is 0. The second kappa shape index (κ2) is 5.97. The number of carbonyl (C=O) groups excluding carboxylic acids is 1. The van der Waals surface area contributed by atoms with Gasteiger partial charge in [-0.15, -0.1) is 12.4 Å². The van der Waals surface area contributed by atoms with Gasteiger partial charge in [0, 0.05) is 25.2 Å². The van der Waals surface area contributed by atoms with Crippen molar-refractivity contribution in [2.75, 3.05) is 25.9 Å². The second-order valence-corrected chi connectivity index (χ2v) is 5.54. The summed E-state index contributed by atoms with van der Waals surface area (Å²) in [6, 6.07) is 0. The number of nitrogens with one attached hydrogen (secondary N) is 1. The van der Waals surface area contributed by atoms with Crippen molar-refractivity contribution in [2.45, 2.75) is 31.6 Å². The minimum Gasteiger partial charge on any atom is -0.334 e. The van der Waals surface area contributed by atoms with Crippen molar-refractivity contribution in [3.05, 3.63) is 0 Å². The second-order valence-electron chi connectivity index (χ2n) is 4.36. The normalized spacial score (nSPS) is 21.7. The Morgan fingerprint density at radius 2 is 2.13 bits per heavy atom. The van der Waals surface area contributed by atoms with E-state index in [9.17, 15) is 4.79 Å². The van der Waals surface area contributed by atoms with Crippen LogP contribution in [-0.4, -0.2) is 47.5 Å². The van der Waals surface area contributed by atoms with Crippen LogP contribution in [0, 0.1) is 0 Å². The van der Waals surface area contributed by atoms with Crippen molar-refractivity contribution in [3.63, 3.8) is 0 Å². The van der Waals surface area contributed by atoms with E-state index in [-0.39, 0.29) is 29.1 Å². The Morgan fingerprint density at radius 3 is 2.60 bits per heavy atom. The number of amides is 1. The maximum atomic E-state index is 12.0. The summed E-state index contributed by atoms with van der Waals surface area (Å²) in [4.78, 5) is 14.0. The predicted molar refractivity (Wildman–Crippen MR) is 68.9 cm³/mol. The van der Waals surface area contributed by atoms with Gasteiger partial charge in [0.05, 0.1) is 5.25 Å². The molecule has 0 saturated carbocycles. The molecule has 1 fully saturated rings. The summed E-state index contributed by atoms with van der Waals surface area (Å²) >= 11 is 1.62. The number of hydrogen-bond donors (Lipinski definition) is 1. The van der Waals surface area contributed by atoms with Gasteiger partial charge in [0.1, 0.15) is 0 Å². The van der Waals surface area contributed by atoms with Crippen LogP contribution in [0.25, 0.3) is 0 Å². The monoisotopic (exact) mass is 252 g/mol. The highest BCUT2D eigenvalue weighted by Gasteiger charge is 2.34. The quantitative estimate of drug-likeness (QED) is 0.806. The average molecular weight is 253 g/mol. The van der Waals surface area contributed by atoms with Crippen molar-refractivity contribution in [1.82, 2.24) is 10.2 Å². The van der Waals surface area contributed by atoms with Gasteiger partial charge in [-0.1, -0.05) is 0 Å². The highest BCUT2D eigenvalue weighted by molar-refractivity contribution is 7.99. The van der Waals surface area contributed by atoms with Crippen LogP contribution < -0.4 is 5.32 Å². The zero-order valence-corrected chi connectivity index (χ0v) is 11.5. The van der Waals surface area contributed by atoms with E-state index in [2.05, 4.69) is 19.2 Å². The third-order valence-electron chi connectivity index (χ3n) is 2.77. The van der Waals surface area contributed by atoms with Crippen LogP contribution in [0.4, 0.5) is 0 Å². The zero-order chi connectivity index (χ0) is 10.8. The Bertz CT molecular complexity index is 223. The van der Waals surface area contributed by atoms with Crippen LogP contribution in [0.1, 0.15) is 20.8 Å². The van der Waals surface area contributed by atoms with Gasteiger partial charge in [0.2, 0.25) is 5.91 Å². The van der Waals surface area contributed by atoms with Crippen LogP contribution in [0.2, 0.25) is 0 Å². The van der Waals surface area contributed by atoms with E-state index in [1.54, 1.807) is 11.8 Å². The fourth-order valence-corrected chi connectivity index (χ4v) is 2.04. The molecule has 1 saturated heterocycles. The highest BCUT2D eigenvalue weighted by Crippen LogP contribution is 2.20. The largest absolute Gasteiger partial charge is 0.334 e. The van der Waals surface area contributed by atoms with E-state index in [0.29, 0.717) is 0 Å². The summed E-state index contributed by atoms with van der Waals surface area (Å²) in [5.74, 6) is 0.268. The highest BCUT2D eigenvalue weighted by atomic mass is 35.5. The minimum atomic E-state index is -0.0423. The Hall–Kier alpha value is 0.0700. The predicted octanol–water partition coefficient (Wildman–Crippen LogP) is 1.37. The van der Waals surface area contributed by atoms with Crippen LogP contribution in [-0.2, 0) is 4.79 Å². The van der Waals surface area contributed by atoms with Gasteiger partial charge >= 0.3 is 0 Å². The number of hydrogen-bond acceptors (Lipinski definition) is 3. The first-order chi connectivity index (χ1) is 6.49. The molecule has 0 aromatic heterocycles. The molecule has 0 aliphatic carbocycles. The van der Waals surface area contributed by atoms with Crippen LogP contribution >= 0.6 is 24.2 Å². The number of rotatable bonds is 2. The summed E-state index contributed by atoms with van der Waals surface area (Å²) in [6.07, 6.45) is 1.98. The number of thioether (sulfide) groups is 1. The standard InChI is InChI=1S/C10H20N2OS.ClH/c1-8(14-4)9(13)12-6-5-11-7-10(12,2)3;/h8,11H,5-7H2,1-4H3;1H. The molecule has 3 nitrogen and oxygen atoms in total. The first-order valence-electron chi connectivity index (χ1n) is 5.04. The fourth-order valence-electron chi connectivity index (χ4n) is 1.71. The fraction of sp³-hybridized carbons (Fsp3) is 0.900. The van der Waals surface area contributed by atoms with Crippen LogP contribution in [0.3, 0.4) is 0 Å². The maximum absolute atomic E-state index is 12.0. The molecule has 0 aromatic carbocycles. The molecule has 15 heavy (non-hydrogen) atoms. The molecule has 90 valence electrons. The lowest BCUT2D eigenvalue weighted by atomic mass is 10.00. The topological polar surface area (TPSA) is 32.3 Å². The smallest absolute Gasteiger partial charge is 0.235 e. The first-order valence-corrected chi connectivity index (χ1v) is 6.33. The summed E-state index contributed by atoms with van der Waals surface area (Å²) < 4.78 is 0. The molecule has 0 spiro atoms. The molecule has 1 N–H and O–H groups in total. The van der Waals surface area contributed by atoms with E-state index in [0.717, 1.165) is 19.6 Å². The molecule has 5 heteroatoms. The van der Waals surface area contributed by atoms with Crippen molar-refractivity contribution in [3.8, 4) is 0 Å². The first kappa shape index (κ1) is 15.1. The van der Waals surface area contributed by atoms with Gasteiger partial charge in [-0.05, 0) is 27.0 Å². The number of halogens is 1. The molecular weight excluding hydrogens is 232 g/mol. The van der Waals surface area contributed by atoms with Gasteiger partial charge in [-0.3, -0.25) is 4.79 Å². The van der Waals surface area contributed by atoms with E-state index < -0.39 is 0 Å². The summed E-state index contributed by atoms with van der Waals surface area (Å²) in [5, 5.41) is 3.39. The van der Waals surface area contributed by atoms with Crippen molar-refractivity contribution in [1.29, 1.82) is 0 Å². The number of piperazine rings is 1. The van der Waals surface area contributed by atoms with Crippen molar-refractivity contribution >= 4 is 30.1 Å². The van der Waals surface area contributed by atoms with Crippen LogP contribution in [0.5, 0.6) is 0 Å². The molecule has 0 aromatic rings. The van der Waals surface area contributed by atoms with Crippen LogP contribution in [0.15, 0.2) is 0 Å². The molecule has 1 atom stereocenters. The third kappa shape index (κ3) is 3.54. The van der Waals surface area contributed by atoms with Crippen molar-refractivity contribution in [2.24, 2.45) is 0 Å². The lowest BCUT2D eigenvalue weighted by Crippen LogP contribution is -2.61. The Morgan fingerprint density at radius 1 is 1.53 bits per heavy atom.